The Balaban J connectivity index is 0.00000196. The fourth-order valence-electron chi connectivity index (χ4n) is 0.941. The Morgan fingerprint density at radius 2 is 2.40 bits per heavy atom. The van der Waals surface area contributed by atoms with Gasteiger partial charge >= 0.3 is 5.97 Å². The molecule has 86 valence electrons. The van der Waals surface area contributed by atoms with Gasteiger partial charge in [-0.05, 0) is 0 Å². The number of halogens is 2. The number of aromatic nitrogens is 3. The van der Waals surface area contributed by atoms with Gasteiger partial charge < -0.3 is 10.8 Å². The number of carbonyl (C=O) groups is 1. The van der Waals surface area contributed by atoms with Gasteiger partial charge in [-0.25, -0.2) is 9.07 Å². The Morgan fingerprint density at radius 1 is 1.73 bits per heavy atom. The van der Waals surface area contributed by atoms with Crippen LogP contribution in [-0.4, -0.2) is 38.8 Å². The lowest BCUT2D eigenvalue weighted by Crippen LogP contribution is -2.32. The lowest BCUT2D eigenvalue weighted by molar-refractivity contribution is -0.138. The summed E-state index contributed by atoms with van der Waals surface area (Å²) in [7, 11) is 0. The van der Waals surface area contributed by atoms with Gasteiger partial charge in [0.1, 0.15) is 12.7 Å². The monoisotopic (exact) mass is 238 g/mol. The normalized spacial score (nSPS) is 11.9. The second-order valence-corrected chi connectivity index (χ2v) is 2.81. The smallest absolute Gasteiger partial charge is 0.320 e. The van der Waals surface area contributed by atoms with Gasteiger partial charge in [-0.3, -0.25) is 4.79 Å². The van der Waals surface area contributed by atoms with Gasteiger partial charge in [-0.1, -0.05) is 5.21 Å². The van der Waals surface area contributed by atoms with E-state index in [1.165, 1.54) is 10.9 Å². The highest BCUT2D eigenvalue weighted by atomic mass is 35.5. The van der Waals surface area contributed by atoms with Gasteiger partial charge in [0.05, 0.1) is 12.2 Å². The summed E-state index contributed by atoms with van der Waals surface area (Å²) in [4.78, 5) is 10.4. The molecule has 0 aliphatic carbocycles. The SMILES string of the molecule is Cl.NC(Cc1cn(CCF)nn1)C(=O)O. The average molecular weight is 239 g/mol. The summed E-state index contributed by atoms with van der Waals surface area (Å²) in [6.45, 7) is -0.414. The molecule has 0 aromatic carbocycles. The molecule has 1 aromatic heterocycles. The third-order valence-corrected chi connectivity index (χ3v) is 1.65. The highest BCUT2D eigenvalue weighted by Crippen LogP contribution is 1.97. The van der Waals surface area contributed by atoms with E-state index in [0.29, 0.717) is 5.69 Å². The number of rotatable bonds is 5. The molecule has 0 aliphatic heterocycles. The minimum atomic E-state index is -1.09. The fraction of sp³-hybridized carbons (Fsp3) is 0.571. The second-order valence-electron chi connectivity index (χ2n) is 2.81. The van der Waals surface area contributed by atoms with Crippen LogP contribution in [0.5, 0.6) is 0 Å². The first-order valence-corrected chi connectivity index (χ1v) is 4.07. The number of hydrogen-bond donors (Lipinski definition) is 2. The molecule has 1 atom stereocenters. The third-order valence-electron chi connectivity index (χ3n) is 1.65. The quantitative estimate of drug-likeness (QED) is 0.730. The van der Waals surface area contributed by atoms with Crippen LogP contribution in [0.1, 0.15) is 5.69 Å². The summed E-state index contributed by atoms with van der Waals surface area (Å²) >= 11 is 0. The van der Waals surface area contributed by atoms with Gasteiger partial charge in [0.15, 0.2) is 0 Å². The minimum Gasteiger partial charge on any atom is -0.480 e. The van der Waals surface area contributed by atoms with Crippen molar-refractivity contribution >= 4 is 18.4 Å². The number of aryl methyl sites for hydroxylation is 1. The Kier molecular flexibility index (Phi) is 5.80. The molecule has 0 radical (unpaired) electrons. The van der Waals surface area contributed by atoms with Crippen molar-refractivity contribution in [2.75, 3.05) is 6.67 Å². The topological polar surface area (TPSA) is 94.0 Å². The Morgan fingerprint density at radius 3 is 2.93 bits per heavy atom. The van der Waals surface area contributed by atoms with Crippen molar-refractivity contribution in [1.82, 2.24) is 15.0 Å². The minimum absolute atomic E-state index is 0. The average Bonchev–Trinajstić information content (AvgIpc) is 2.53. The van der Waals surface area contributed by atoms with Crippen LogP contribution in [0.3, 0.4) is 0 Å². The zero-order valence-corrected chi connectivity index (χ0v) is 8.65. The number of hydrogen-bond acceptors (Lipinski definition) is 4. The first-order valence-electron chi connectivity index (χ1n) is 4.07. The number of aliphatic carboxylic acids is 1. The van der Waals surface area contributed by atoms with Crippen LogP contribution >= 0.6 is 12.4 Å². The molecule has 0 saturated carbocycles. The summed E-state index contributed by atoms with van der Waals surface area (Å²) in [6.07, 6.45) is 1.59. The molecule has 1 rings (SSSR count). The van der Waals surface area contributed by atoms with Crippen molar-refractivity contribution in [2.45, 2.75) is 19.0 Å². The molecule has 3 N–H and O–H groups in total. The molecule has 0 bridgehead atoms. The van der Waals surface area contributed by atoms with Crippen molar-refractivity contribution < 1.29 is 14.3 Å². The molecule has 15 heavy (non-hydrogen) atoms. The van der Waals surface area contributed by atoms with Crippen LogP contribution < -0.4 is 5.73 Å². The molecular formula is C7H12ClFN4O2. The molecule has 0 saturated heterocycles. The van der Waals surface area contributed by atoms with Crippen LogP contribution in [0, 0.1) is 0 Å². The highest BCUT2D eigenvalue weighted by molar-refractivity contribution is 5.85. The highest BCUT2D eigenvalue weighted by Gasteiger charge is 2.14. The van der Waals surface area contributed by atoms with Crippen molar-refractivity contribution in [3.05, 3.63) is 11.9 Å². The molecule has 6 nitrogen and oxygen atoms in total. The molecule has 0 amide bonds. The standard InChI is InChI=1S/C7H11FN4O2.ClH/c8-1-2-12-4-5(10-11-12)3-6(9)7(13)14;/h4,6H,1-3,9H2,(H,13,14);1H. The lowest BCUT2D eigenvalue weighted by atomic mass is 10.2. The van der Waals surface area contributed by atoms with Crippen LogP contribution in [0.25, 0.3) is 0 Å². The molecule has 1 unspecified atom stereocenters. The van der Waals surface area contributed by atoms with Gasteiger partial charge in [-0.2, -0.15) is 0 Å². The molecule has 0 aliphatic rings. The molecule has 0 fully saturated rings. The Bertz CT molecular complexity index is 320. The summed E-state index contributed by atoms with van der Waals surface area (Å²) in [6, 6.07) is -0.995. The maximum absolute atomic E-state index is 11.9. The van der Waals surface area contributed by atoms with Crippen LogP contribution in [0.15, 0.2) is 6.20 Å². The number of carboxylic acids is 1. The van der Waals surface area contributed by atoms with Crippen LogP contribution in [-0.2, 0) is 17.8 Å². The second kappa shape index (κ2) is 6.31. The first-order chi connectivity index (χ1) is 6.63. The van der Waals surface area contributed by atoms with E-state index in [0.717, 1.165) is 0 Å². The summed E-state index contributed by atoms with van der Waals surface area (Å²) < 4.78 is 13.2. The number of alkyl halides is 1. The predicted molar refractivity (Wildman–Crippen MR) is 52.6 cm³/mol. The summed E-state index contributed by atoms with van der Waals surface area (Å²) in [5.41, 5.74) is 5.73. The van der Waals surface area contributed by atoms with Crippen molar-refractivity contribution in [3.8, 4) is 0 Å². The predicted octanol–water partition coefficient (Wildman–Crippen LogP) is -0.376. The van der Waals surface area contributed by atoms with E-state index in [4.69, 9.17) is 10.8 Å². The molecule has 1 aromatic rings. The van der Waals surface area contributed by atoms with Crippen molar-refractivity contribution in [2.24, 2.45) is 5.73 Å². The van der Waals surface area contributed by atoms with Gasteiger partial charge in [0, 0.05) is 12.6 Å². The molecule has 0 spiro atoms. The van der Waals surface area contributed by atoms with Gasteiger partial charge in [-0.15, -0.1) is 17.5 Å². The van der Waals surface area contributed by atoms with E-state index < -0.39 is 18.7 Å². The summed E-state index contributed by atoms with van der Waals surface area (Å²) in [5.74, 6) is -1.09. The van der Waals surface area contributed by atoms with E-state index in [-0.39, 0.29) is 25.4 Å². The van der Waals surface area contributed by atoms with Gasteiger partial charge in [0.2, 0.25) is 0 Å². The van der Waals surface area contributed by atoms with E-state index in [9.17, 15) is 9.18 Å². The van der Waals surface area contributed by atoms with E-state index in [1.54, 1.807) is 0 Å². The largest absolute Gasteiger partial charge is 0.480 e. The maximum Gasteiger partial charge on any atom is 0.320 e. The zero-order valence-electron chi connectivity index (χ0n) is 7.84. The summed E-state index contributed by atoms with van der Waals surface area (Å²) in [5, 5.41) is 15.8. The van der Waals surface area contributed by atoms with Crippen LogP contribution in [0.2, 0.25) is 0 Å². The zero-order chi connectivity index (χ0) is 10.6. The molecule has 8 heteroatoms. The van der Waals surface area contributed by atoms with Crippen molar-refractivity contribution in [1.29, 1.82) is 0 Å². The number of nitrogens with zero attached hydrogens (tertiary/aromatic N) is 3. The molecule has 1 heterocycles. The van der Waals surface area contributed by atoms with E-state index in [1.807, 2.05) is 0 Å². The third kappa shape index (κ3) is 4.22. The Hall–Kier alpha value is -1.21. The Labute approximate surface area is 91.7 Å². The van der Waals surface area contributed by atoms with Crippen LogP contribution in [0.4, 0.5) is 4.39 Å². The van der Waals surface area contributed by atoms with Crippen molar-refractivity contribution in [3.63, 3.8) is 0 Å². The lowest BCUT2D eigenvalue weighted by Gasteiger charge is -2.01. The number of carboxylic acid groups (broad SMARTS) is 1. The van der Waals surface area contributed by atoms with E-state index >= 15 is 0 Å². The molecular weight excluding hydrogens is 227 g/mol. The fourth-order valence-corrected chi connectivity index (χ4v) is 0.941. The van der Waals surface area contributed by atoms with Gasteiger partial charge in [0.25, 0.3) is 0 Å². The maximum atomic E-state index is 11.9. The number of nitrogens with two attached hydrogens (primary N) is 1. The van der Waals surface area contributed by atoms with E-state index in [2.05, 4.69) is 10.3 Å². The first kappa shape index (κ1) is 13.8.